The Bertz CT molecular complexity index is 810. The molecule has 0 aliphatic carbocycles. The number of benzene rings is 2. The Balaban J connectivity index is 1.73. The zero-order chi connectivity index (χ0) is 19.4. The average Bonchev–Trinajstić information content (AvgIpc) is 2.67. The van der Waals surface area contributed by atoms with Gasteiger partial charge < -0.3 is 19.5 Å². The lowest BCUT2D eigenvalue weighted by Crippen LogP contribution is -2.51. The molecule has 2 aromatic rings. The van der Waals surface area contributed by atoms with Gasteiger partial charge in [0.05, 0.1) is 12.7 Å². The van der Waals surface area contributed by atoms with Crippen LogP contribution in [0.25, 0.3) is 0 Å². The fourth-order valence-electron chi connectivity index (χ4n) is 3.32. The van der Waals surface area contributed by atoms with Crippen molar-refractivity contribution < 1.29 is 23.2 Å². The highest BCUT2D eigenvalue weighted by atomic mass is 32.2. The van der Waals surface area contributed by atoms with Crippen LogP contribution in [0.2, 0.25) is 0 Å². The number of amides is 1. The molecule has 7 heteroatoms. The van der Waals surface area contributed by atoms with Crippen LogP contribution in [0.5, 0.6) is 0 Å². The van der Waals surface area contributed by atoms with Crippen LogP contribution in [0.1, 0.15) is 23.5 Å². The number of ether oxygens (including phenoxy) is 1. The quantitative estimate of drug-likeness (QED) is 0.785. The number of carboxylic acid groups (broad SMARTS) is 1. The van der Waals surface area contributed by atoms with Gasteiger partial charge in [-0.05, 0) is 41.8 Å². The van der Waals surface area contributed by atoms with Crippen LogP contribution in [0.15, 0.2) is 53.4 Å². The van der Waals surface area contributed by atoms with E-state index >= 15 is 0 Å². The highest BCUT2D eigenvalue weighted by molar-refractivity contribution is 7.84. The van der Waals surface area contributed by atoms with Crippen LogP contribution in [0.3, 0.4) is 0 Å². The topological polar surface area (TPSA) is 69.7 Å². The van der Waals surface area contributed by atoms with Crippen molar-refractivity contribution in [3.05, 3.63) is 65.5 Å². The summed E-state index contributed by atoms with van der Waals surface area (Å²) < 4.78 is 30.7. The maximum absolute atomic E-state index is 13.2. The molecule has 144 valence electrons. The summed E-state index contributed by atoms with van der Waals surface area (Å²) in [6.07, 6.45) is 0.630. The predicted molar refractivity (Wildman–Crippen MR) is 98.1 cm³/mol. The molecule has 5 nitrogen and oxygen atoms in total. The highest BCUT2D eigenvalue weighted by Gasteiger charge is 2.31. The molecule has 1 aliphatic heterocycles. The van der Waals surface area contributed by atoms with Gasteiger partial charge in [0.2, 0.25) is 0 Å². The molecule has 1 saturated heterocycles. The smallest absolute Gasteiger partial charge is 0.137 e. The molecule has 3 rings (SSSR count). The molecular weight excluding hydrogens is 369 g/mol. The number of nitrogens with zero attached hydrogens (tertiary/aromatic N) is 1. The highest BCUT2D eigenvalue weighted by Crippen LogP contribution is 2.31. The summed E-state index contributed by atoms with van der Waals surface area (Å²) in [6.45, 7) is 0.878. The van der Waals surface area contributed by atoms with Gasteiger partial charge in [0.15, 0.2) is 0 Å². The van der Waals surface area contributed by atoms with E-state index in [0.29, 0.717) is 19.6 Å². The number of likely N-dealkylation sites (tertiary alicyclic amines) is 1. The van der Waals surface area contributed by atoms with Gasteiger partial charge in [-0.2, -0.15) is 0 Å². The van der Waals surface area contributed by atoms with Crippen molar-refractivity contribution in [2.24, 2.45) is 0 Å². The van der Waals surface area contributed by atoms with E-state index in [-0.39, 0.29) is 24.4 Å². The third-order valence-electron chi connectivity index (χ3n) is 4.83. The zero-order valence-corrected chi connectivity index (χ0v) is 15.8. The summed E-state index contributed by atoms with van der Waals surface area (Å²) in [6, 6.07) is 13.5. The van der Waals surface area contributed by atoms with Gasteiger partial charge in [0, 0.05) is 41.0 Å². The molecule has 0 aromatic heterocycles. The SMILES string of the molecule is CS(=O)c1ccc(COC2CN(C(=O)[O-])CCC2c2ccc(F)cc2)cc1. The zero-order valence-electron chi connectivity index (χ0n) is 15.0. The maximum atomic E-state index is 13.2. The molecule has 1 heterocycles. The van der Waals surface area contributed by atoms with E-state index in [4.69, 9.17) is 4.74 Å². The minimum absolute atomic E-state index is 0.0244. The molecule has 0 saturated carbocycles. The normalized spacial score (nSPS) is 21.0. The average molecular weight is 390 g/mol. The van der Waals surface area contributed by atoms with Crippen molar-refractivity contribution in [1.82, 2.24) is 4.90 Å². The Labute approximate surface area is 160 Å². The predicted octanol–water partition coefficient (Wildman–Crippen LogP) is 2.28. The summed E-state index contributed by atoms with van der Waals surface area (Å²) in [5.74, 6) is -0.333. The number of carbonyl (C=O) groups excluding carboxylic acids is 1. The van der Waals surface area contributed by atoms with Crippen molar-refractivity contribution in [2.75, 3.05) is 19.3 Å². The molecule has 2 aromatic carbocycles. The lowest BCUT2D eigenvalue weighted by Gasteiger charge is -2.40. The van der Waals surface area contributed by atoms with Gasteiger partial charge in [0.25, 0.3) is 0 Å². The van der Waals surface area contributed by atoms with E-state index in [9.17, 15) is 18.5 Å². The first-order valence-electron chi connectivity index (χ1n) is 8.69. The van der Waals surface area contributed by atoms with E-state index in [0.717, 1.165) is 16.0 Å². The van der Waals surface area contributed by atoms with Crippen LogP contribution in [0, 0.1) is 5.82 Å². The van der Waals surface area contributed by atoms with E-state index in [2.05, 4.69) is 0 Å². The first-order chi connectivity index (χ1) is 12.9. The standard InChI is InChI=1S/C20H22FNO4S/c1-27(25)17-8-2-14(3-9-17)13-26-19-12-22(20(23)24)11-10-18(19)15-4-6-16(21)7-5-15/h2-9,18-19H,10-13H2,1H3,(H,23,24)/p-1. The minimum atomic E-state index is -1.21. The fourth-order valence-corrected chi connectivity index (χ4v) is 3.84. The van der Waals surface area contributed by atoms with Crippen LogP contribution in [-0.2, 0) is 22.1 Å². The van der Waals surface area contributed by atoms with Crippen molar-refractivity contribution in [1.29, 1.82) is 0 Å². The van der Waals surface area contributed by atoms with Gasteiger partial charge >= 0.3 is 0 Å². The first kappa shape index (κ1) is 19.5. The summed E-state index contributed by atoms with van der Waals surface area (Å²) in [7, 11) is -1.04. The Morgan fingerprint density at radius 2 is 1.89 bits per heavy atom. The van der Waals surface area contributed by atoms with E-state index in [1.165, 1.54) is 17.0 Å². The van der Waals surface area contributed by atoms with E-state index in [1.54, 1.807) is 30.5 Å². The van der Waals surface area contributed by atoms with Gasteiger partial charge in [-0.15, -0.1) is 0 Å². The van der Waals surface area contributed by atoms with E-state index < -0.39 is 16.9 Å². The minimum Gasteiger partial charge on any atom is -0.530 e. The second-order valence-corrected chi connectivity index (χ2v) is 7.99. The van der Waals surface area contributed by atoms with Crippen LogP contribution >= 0.6 is 0 Å². The number of hydrogen-bond donors (Lipinski definition) is 0. The molecule has 27 heavy (non-hydrogen) atoms. The van der Waals surface area contributed by atoms with E-state index in [1.807, 2.05) is 12.1 Å². The van der Waals surface area contributed by atoms with Crippen molar-refractivity contribution in [2.45, 2.75) is 29.9 Å². The molecule has 0 bridgehead atoms. The summed E-state index contributed by atoms with van der Waals surface area (Å²) in [4.78, 5) is 13.2. The fraction of sp³-hybridized carbons (Fsp3) is 0.350. The first-order valence-corrected chi connectivity index (χ1v) is 10.2. The number of hydrogen-bond acceptors (Lipinski definition) is 4. The number of carbonyl (C=O) groups is 1. The third-order valence-corrected chi connectivity index (χ3v) is 5.77. The van der Waals surface area contributed by atoms with Gasteiger partial charge in [-0.1, -0.05) is 24.3 Å². The van der Waals surface area contributed by atoms with Crippen molar-refractivity contribution in [3.63, 3.8) is 0 Å². The van der Waals surface area contributed by atoms with Crippen molar-refractivity contribution in [3.8, 4) is 0 Å². The summed E-state index contributed by atoms with van der Waals surface area (Å²) in [5, 5.41) is 11.2. The van der Waals surface area contributed by atoms with Crippen molar-refractivity contribution >= 4 is 16.9 Å². The maximum Gasteiger partial charge on any atom is 0.137 e. The largest absolute Gasteiger partial charge is 0.530 e. The molecule has 1 aliphatic rings. The molecule has 0 radical (unpaired) electrons. The lowest BCUT2D eigenvalue weighted by atomic mass is 9.87. The Kier molecular flexibility index (Phi) is 6.23. The summed E-state index contributed by atoms with van der Waals surface area (Å²) in [5.41, 5.74) is 1.84. The lowest BCUT2D eigenvalue weighted by molar-refractivity contribution is -0.268. The molecule has 0 spiro atoms. The molecule has 1 fully saturated rings. The molecule has 3 atom stereocenters. The summed E-state index contributed by atoms with van der Waals surface area (Å²) >= 11 is 0. The Morgan fingerprint density at radius 3 is 2.48 bits per heavy atom. The third kappa shape index (κ3) is 4.93. The molecular formula is C20H21FNO4S-. The molecule has 1 amide bonds. The second-order valence-electron chi connectivity index (χ2n) is 6.61. The van der Waals surface area contributed by atoms with Crippen LogP contribution in [-0.4, -0.2) is 40.7 Å². The molecule has 0 N–H and O–H groups in total. The van der Waals surface area contributed by atoms with Gasteiger partial charge in [0.1, 0.15) is 11.9 Å². The second kappa shape index (κ2) is 8.63. The van der Waals surface area contributed by atoms with Crippen LogP contribution in [0.4, 0.5) is 9.18 Å². The van der Waals surface area contributed by atoms with Crippen LogP contribution < -0.4 is 5.11 Å². The Hall–Kier alpha value is -2.25. The number of halogens is 1. The molecule has 3 unspecified atom stereocenters. The number of rotatable bonds is 5. The van der Waals surface area contributed by atoms with Gasteiger partial charge in [-0.25, -0.2) is 4.39 Å². The van der Waals surface area contributed by atoms with Gasteiger partial charge in [-0.3, -0.25) is 4.21 Å². The monoisotopic (exact) mass is 390 g/mol. The number of piperidine rings is 1. The Morgan fingerprint density at radius 1 is 1.22 bits per heavy atom.